The topological polar surface area (TPSA) is 104 Å². The van der Waals surface area contributed by atoms with E-state index >= 15 is 0 Å². The number of nitrogens with one attached hydrogen (secondary N) is 4. The molecule has 0 saturated carbocycles. The van der Waals surface area contributed by atoms with E-state index in [2.05, 4.69) is 26.3 Å². The number of fused-ring (bicyclic) bond motifs is 1. The van der Waals surface area contributed by atoms with Crippen LogP contribution in [0.25, 0.3) is 0 Å². The molecule has 8 nitrogen and oxygen atoms in total. The van der Waals surface area contributed by atoms with Gasteiger partial charge in [0.1, 0.15) is 5.37 Å². The first kappa shape index (κ1) is 16.7. The summed E-state index contributed by atoms with van der Waals surface area (Å²) in [5.74, 6) is 0.297. The van der Waals surface area contributed by atoms with Crippen molar-refractivity contribution in [3.63, 3.8) is 0 Å². The van der Waals surface area contributed by atoms with Gasteiger partial charge in [0.15, 0.2) is 11.7 Å². The van der Waals surface area contributed by atoms with E-state index < -0.39 is 11.7 Å². The molecular weight excluding hydrogens is 362 g/mol. The zero-order valence-electron chi connectivity index (χ0n) is 13.2. The van der Waals surface area contributed by atoms with Crippen molar-refractivity contribution in [1.82, 2.24) is 20.9 Å². The van der Waals surface area contributed by atoms with Crippen molar-refractivity contribution in [3.8, 4) is 0 Å². The van der Waals surface area contributed by atoms with Gasteiger partial charge in [-0.2, -0.15) is 0 Å². The number of carbonyl (C=O) groups excluding carboxylic acids is 2. The number of ether oxygens (including phenoxy) is 1. The minimum Gasteiger partial charge on any atom is -0.363 e. The second kappa shape index (κ2) is 7.24. The first-order valence-corrected chi connectivity index (χ1v) is 9.78. The number of hydrogen-bond acceptors (Lipinski definition) is 8. The standard InChI is InChI=1S/C15H17N5O3S2/c21-11(20-15-17-4-5-23-15)8-2-6-24-13(8)19-12(22)14-18-9-7-16-3-1-10(9)25-14/h1-3,7,13-15,17-18H,4-6H2,(H,19,22)(H,20,21). The molecule has 1 aromatic heterocycles. The number of pyridine rings is 1. The molecule has 1 saturated heterocycles. The molecule has 4 heterocycles. The Labute approximate surface area is 152 Å². The summed E-state index contributed by atoms with van der Waals surface area (Å²) in [6.07, 6.45) is 4.77. The van der Waals surface area contributed by atoms with Gasteiger partial charge in [0.05, 0.1) is 18.5 Å². The summed E-state index contributed by atoms with van der Waals surface area (Å²) in [6.45, 7) is 1.28. The third kappa shape index (κ3) is 3.61. The molecule has 1 fully saturated rings. The zero-order chi connectivity index (χ0) is 17.2. The predicted octanol–water partition coefficient (Wildman–Crippen LogP) is 0.0604. The fourth-order valence-corrected chi connectivity index (χ4v) is 4.74. The second-order valence-corrected chi connectivity index (χ2v) is 7.86. The van der Waals surface area contributed by atoms with Crippen molar-refractivity contribution in [2.75, 3.05) is 24.2 Å². The van der Waals surface area contributed by atoms with Gasteiger partial charge in [0.25, 0.3) is 11.8 Å². The van der Waals surface area contributed by atoms with E-state index in [1.807, 2.05) is 12.1 Å². The molecule has 0 radical (unpaired) electrons. The monoisotopic (exact) mass is 379 g/mol. The number of carbonyl (C=O) groups is 2. The molecule has 132 valence electrons. The van der Waals surface area contributed by atoms with Gasteiger partial charge >= 0.3 is 0 Å². The molecule has 3 aliphatic rings. The van der Waals surface area contributed by atoms with Crippen LogP contribution >= 0.6 is 23.5 Å². The Morgan fingerprint density at radius 2 is 2.28 bits per heavy atom. The Morgan fingerprint density at radius 1 is 1.36 bits per heavy atom. The summed E-state index contributed by atoms with van der Waals surface area (Å²) in [4.78, 5) is 30.0. The van der Waals surface area contributed by atoms with Gasteiger partial charge in [0, 0.05) is 29.0 Å². The predicted molar refractivity (Wildman–Crippen MR) is 95.9 cm³/mol. The van der Waals surface area contributed by atoms with Crippen molar-refractivity contribution in [2.24, 2.45) is 0 Å². The van der Waals surface area contributed by atoms with Gasteiger partial charge < -0.3 is 20.7 Å². The summed E-state index contributed by atoms with van der Waals surface area (Å²) < 4.78 is 5.33. The second-order valence-electron chi connectivity index (χ2n) is 5.57. The van der Waals surface area contributed by atoms with Crippen LogP contribution in [-0.2, 0) is 14.3 Å². The molecular formula is C15H17N5O3S2. The van der Waals surface area contributed by atoms with Crippen molar-refractivity contribution in [2.45, 2.75) is 22.0 Å². The third-order valence-corrected chi connectivity index (χ3v) is 6.16. The lowest BCUT2D eigenvalue weighted by Crippen LogP contribution is -2.47. The van der Waals surface area contributed by atoms with Crippen molar-refractivity contribution >= 4 is 41.0 Å². The zero-order valence-corrected chi connectivity index (χ0v) is 14.8. The minimum absolute atomic E-state index is 0.158. The fraction of sp³-hybridized carbons (Fsp3) is 0.400. The normalized spacial score (nSPS) is 27.4. The summed E-state index contributed by atoms with van der Waals surface area (Å²) in [5, 5.41) is 11.1. The molecule has 0 bridgehead atoms. The van der Waals surface area contributed by atoms with Crippen LogP contribution in [0, 0.1) is 0 Å². The summed E-state index contributed by atoms with van der Waals surface area (Å²) >= 11 is 2.95. The third-order valence-electron chi connectivity index (χ3n) is 3.91. The lowest BCUT2D eigenvalue weighted by molar-refractivity contribution is -0.121. The van der Waals surface area contributed by atoms with Crippen LogP contribution in [0.4, 0.5) is 5.69 Å². The molecule has 0 spiro atoms. The highest BCUT2D eigenvalue weighted by atomic mass is 32.2. The number of nitrogens with zero attached hydrogens (tertiary/aromatic N) is 1. The van der Waals surface area contributed by atoms with Crippen molar-refractivity contribution in [1.29, 1.82) is 0 Å². The summed E-state index contributed by atoms with van der Waals surface area (Å²) in [6, 6.07) is 1.87. The maximum Gasteiger partial charge on any atom is 0.254 e. The molecule has 1 aromatic rings. The largest absolute Gasteiger partial charge is 0.363 e. The van der Waals surface area contributed by atoms with Crippen LogP contribution in [0.3, 0.4) is 0 Å². The van der Waals surface area contributed by atoms with E-state index in [4.69, 9.17) is 4.74 Å². The van der Waals surface area contributed by atoms with Gasteiger partial charge in [0.2, 0.25) is 0 Å². The number of thioether (sulfide) groups is 2. The van der Waals surface area contributed by atoms with Crippen LogP contribution in [0.15, 0.2) is 35.0 Å². The Bertz CT molecular complexity index is 698. The fourth-order valence-electron chi connectivity index (χ4n) is 2.70. The average Bonchev–Trinajstić information content (AvgIpc) is 3.34. The molecule has 25 heavy (non-hydrogen) atoms. The molecule has 3 aliphatic heterocycles. The van der Waals surface area contributed by atoms with Gasteiger partial charge in [-0.05, 0) is 6.07 Å². The van der Waals surface area contributed by atoms with Gasteiger partial charge in [-0.3, -0.25) is 19.9 Å². The van der Waals surface area contributed by atoms with Gasteiger partial charge in [-0.15, -0.1) is 11.8 Å². The molecule has 4 rings (SSSR count). The van der Waals surface area contributed by atoms with Crippen LogP contribution in [-0.4, -0.2) is 52.8 Å². The molecule has 4 N–H and O–H groups in total. The maximum atomic E-state index is 12.6. The Kier molecular flexibility index (Phi) is 4.84. The quantitative estimate of drug-likeness (QED) is 0.582. The molecule has 0 aromatic carbocycles. The van der Waals surface area contributed by atoms with Crippen molar-refractivity contribution in [3.05, 3.63) is 30.1 Å². The van der Waals surface area contributed by atoms with E-state index in [1.165, 1.54) is 23.5 Å². The van der Waals surface area contributed by atoms with E-state index in [-0.39, 0.29) is 17.2 Å². The van der Waals surface area contributed by atoms with Crippen molar-refractivity contribution < 1.29 is 14.3 Å². The molecule has 3 atom stereocenters. The number of rotatable bonds is 4. The molecule has 0 aliphatic carbocycles. The molecule has 2 amide bonds. The van der Waals surface area contributed by atoms with E-state index in [0.29, 0.717) is 24.5 Å². The molecule has 10 heteroatoms. The lowest BCUT2D eigenvalue weighted by atomic mass is 10.2. The smallest absolute Gasteiger partial charge is 0.254 e. The Morgan fingerprint density at radius 3 is 3.08 bits per heavy atom. The van der Waals surface area contributed by atoms with Gasteiger partial charge in [-0.1, -0.05) is 17.8 Å². The SMILES string of the molecule is O=C(NC1NCCO1)C1=CCSC1NC(=O)C1Nc2cnccc2S1. The van der Waals surface area contributed by atoms with Crippen LogP contribution in [0.5, 0.6) is 0 Å². The number of hydrogen-bond donors (Lipinski definition) is 4. The summed E-state index contributed by atoms with van der Waals surface area (Å²) in [7, 11) is 0. The molecule has 3 unspecified atom stereocenters. The highest BCUT2D eigenvalue weighted by Gasteiger charge is 2.33. The Hall–Kier alpha value is -1.75. The van der Waals surface area contributed by atoms with Crippen LogP contribution in [0.2, 0.25) is 0 Å². The van der Waals surface area contributed by atoms with Crippen LogP contribution < -0.4 is 21.3 Å². The first-order valence-electron chi connectivity index (χ1n) is 7.86. The first-order chi connectivity index (χ1) is 12.2. The van der Waals surface area contributed by atoms with E-state index in [1.54, 1.807) is 12.4 Å². The van der Waals surface area contributed by atoms with E-state index in [9.17, 15) is 9.59 Å². The summed E-state index contributed by atoms with van der Waals surface area (Å²) in [5.41, 5.74) is 1.41. The lowest BCUT2D eigenvalue weighted by Gasteiger charge is -2.20. The number of aromatic nitrogens is 1. The highest BCUT2D eigenvalue weighted by molar-refractivity contribution is 8.01. The number of amides is 2. The van der Waals surface area contributed by atoms with E-state index in [0.717, 1.165) is 10.6 Å². The Balaban J connectivity index is 1.35. The average molecular weight is 379 g/mol. The van der Waals surface area contributed by atoms with Gasteiger partial charge in [-0.25, -0.2) is 0 Å². The number of anilines is 1. The maximum absolute atomic E-state index is 12.6. The highest BCUT2D eigenvalue weighted by Crippen LogP contribution is 2.37. The van der Waals surface area contributed by atoms with Crippen LogP contribution in [0.1, 0.15) is 0 Å². The minimum atomic E-state index is -0.468.